The van der Waals surface area contributed by atoms with Crippen molar-refractivity contribution >= 4 is 34.3 Å². The summed E-state index contributed by atoms with van der Waals surface area (Å²) in [5.74, 6) is -0.616. The number of carbonyl (C=O) groups excluding carboxylic acids is 3. The zero-order valence-electron chi connectivity index (χ0n) is 17.3. The number of hydrogen-bond acceptors (Lipinski definition) is 5. The Bertz CT molecular complexity index is 955. The molecule has 0 bridgehead atoms. The van der Waals surface area contributed by atoms with Crippen molar-refractivity contribution in [3.05, 3.63) is 41.5 Å². The Morgan fingerprint density at radius 2 is 1.66 bits per heavy atom. The van der Waals surface area contributed by atoms with Gasteiger partial charge in [0.1, 0.15) is 0 Å². The van der Waals surface area contributed by atoms with Gasteiger partial charge in [-0.3, -0.25) is 14.5 Å². The highest BCUT2D eigenvalue weighted by molar-refractivity contribution is 6.26. The fourth-order valence-electron chi connectivity index (χ4n) is 3.30. The van der Waals surface area contributed by atoms with E-state index in [-0.39, 0.29) is 17.8 Å². The topological polar surface area (TPSA) is 85.0 Å². The van der Waals surface area contributed by atoms with E-state index in [4.69, 9.17) is 0 Å². The first-order chi connectivity index (χ1) is 13.8. The lowest BCUT2D eigenvalue weighted by Crippen LogP contribution is -2.43. The molecule has 4 amide bonds. The molecule has 3 rings (SSSR count). The second-order valence-electron chi connectivity index (χ2n) is 7.68. The van der Waals surface area contributed by atoms with Crippen molar-refractivity contribution in [2.45, 2.75) is 0 Å². The van der Waals surface area contributed by atoms with Gasteiger partial charge in [0.15, 0.2) is 0 Å². The zero-order chi connectivity index (χ0) is 21.1. The molecule has 8 nitrogen and oxygen atoms in total. The molecule has 29 heavy (non-hydrogen) atoms. The van der Waals surface area contributed by atoms with Crippen molar-refractivity contribution < 1.29 is 14.4 Å². The van der Waals surface area contributed by atoms with Crippen molar-refractivity contribution in [1.29, 1.82) is 0 Å². The summed E-state index contributed by atoms with van der Waals surface area (Å²) in [6.45, 7) is 2.12. The van der Waals surface area contributed by atoms with E-state index in [9.17, 15) is 14.4 Å². The number of hydrogen-bond donors (Lipinski definition) is 2. The number of anilines is 1. The first-order valence-electron chi connectivity index (χ1n) is 9.55. The number of imide groups is 1. The number of urea groups is 1. The highest BCUT2D eigenvalue weighted by Gasteiger charge is 2.33. The first kappa shape index (κ1) is 20.8. The molecule has 2 aromatic rings. The van der Waals surface area contributed by atoms with Crippen LogP contribution in [0.2, 0.25) is 0 Å². The molecule has 0 unspecified atom stereocenters. The standard InChI is InChI=1S/C21H27N5O3/c1-24(2)9-8-22-21(29)23-15-12-14-6-5-7-16-18(14)17(13-15)20(28)26(19(16)27)11-10-25(3)4/h5-7,12-13H,8-11H2,1-4H3,(H2,22,23,29). The Morgan fingerprint density at radius 3 is 2.34 bits per heavy atom. The second-order valence-corrected chi connectivity index (χ2v) is 7.68. The van der Waals surface area contributed by atoms with Crippen LogP contribution in [0.1, 0.15) is 20.7 Å². The molecule has 1 heterocycles. The van der Waals surface area contributed by atoms with E-state index in [0.29, 0.717) is 41.8 Å². The fourth-order valence-corrected chi connectivity index (χ4v) is 3.30. The van der Waals surface area contributed by atoms with E-state index >= 15 is 0 Å². The number of rotatable bonds is 7. The Morgan fingerprint density at radius 1 is 0.966 bits per heavy atom. The molecule has 0 aliphatic carbocycles. The molecule has 0 saturated heterocycles. The van der Waals surface area contributed by atoms with Crippen molar-refractivity contribution in [3.8, 4) is 0 Å². The third-order valence-corrected chi connectivity index (χ3v) is 4.80. The van der Waals surface area contributed by atoms with Gasteiger partial charge in [-0.05, 0) is 51.8 Å². The van der Waals surface area contributed by atoms with Gasteiger partial charge >= 0.3 is 6.03 Å². The van der Waals surface area contributed by atoms with Crippen LogP contribution in [-0.2, 0) is 0 Å². The van der Waals surface area contributed by atoms with Crippen LogP contribution in [0, 0.1) is 0 Å². The highest BCUT2D eigenvalue weighted by atomic mass is 16.2. The number of amides is 4. The lowest BCUT2D eigenvalue weighted by atomic mass is 9.93. The van der Waals surface area contributed by atoms with Gasteiger partial charge in [0, 0.05) is 42.8 Å². The van der Waals surface area contributed by atoms with Gasteiger partial charge in [0.25, 0.3) is 11.8 Å². The predicted octanol–water partition coefficient (Wildman–Crippen LogP) is 1.68. The van der Waals surface area contributed by atoms with Crippen LogP contribution in [-0.4, -0.2) is 86.9 Å². The Kier molecular flexibility index (Phi) is 6.14. The molecule has 8 heteroatoms. The van der Waals surface area contributed by atoms with Crippen LogP contribution >= 0.6 is 0 Å². The fraction of sp³-hybridized carbons (Fsp3) is 0.381. The summed E-state index contributed by atoms with van der Waals surface area (Å²) >= 11 is 0. The second kappa shape index (κ2) is 8.59. The van der Waals surface area contributed by atoms with Crippen molar-refractivity contribution in [2.75, 3.05) is 59.7 Å². The molecule has 0 saturated carbocycles. The summed E-state index contributed by atoms with van der Waals surface area (Å²) in [5.41, 5.74) is 1.46. The molecule has 0 spiro atoms. The van der Waals surface area contributed by atoms with Crippen molar-refractivity contribution in [1.82, 2.24) is 20.0 Å². The summed E-state index contributed by atoms with van der Waals surface area (Å²) in [5, 5.41) is 6.97. The van der Waals surface area contributed by atoms with Crippen LogP contribution in [0.15, 0.2) is 30.3 Å². The molecule has 1 aliphatic rings. The van der Waals surface area contributed by atoms with Gasteiger partial charge in [-0.25, -0.2) is 4.79 Å². The van der Waals surface area contributed by atoms with E-state index in [1.54, 1.807) is 24.3 Å². The van der Waals surface area contributed by atoms with E-state index in [1.807, 2.05) is 44.1 Å². The zero-order valence-corrected chi connectivity index (χ0v) is 17.3. The molecule has 1 aliphatic heterocycles. The van der Waals surface area contributed by atoms with Crippen molar-refractivity contribution in [3.63, 3.8) is 0 Å². The van der Waals surface area contributed by atoms with E-state index in [1.165, 1.54) is 4.90 Å². The molecule has 0 radical (unpaired) electrons. The molecule has 2 aromatic carbocycles. The van der Waals surface area contributed by atoms with Gasteiger partial charge in [0.2, 0.25) is 0 Å². The third-order valence-electron chi connectivity index (χ3n) is 4.80. The Balaban J connectivity index is 1.90. The maximum absolute atomic E-state index is 13.1. The lowest BCUT2D eigenvalue weighted by molar-refractivity contribution is 0.0601. The number of carbonyl (C=O) groups is 3. The summed E-state index contributed by atoms with van der Waals surface area (Å²) in [6, 6.07) is 8.47. The maximum Gasteiger partial charge on any atom is 0.319 e. The van der Waals surface area contributed by atoms with Crippen LogP contribution in [0.3, 0.4) is 0 Å². The highest BCUT2D eigenvalue weighted by Crippen LogP contribution is 2.32. The maximum atomic E-state index is 13.1. The van der Waals surface area contributed by atoms with Crippen LogP contribution in [0.25, 0.3) is 10.8 Å². The van der Waals surface area contributed by atoms with Gasteiger partial charge in [0.05, 0.1) is 5.56 Å². The Hall–Kier alpha value is -2.97. The number of benzene rings is 2. The molecular weight excluding hydrogens is 370 g/mol. The average Bonchev–Trinajstić information content (AvgIpc) is 2.65. The minimum atomic E-state index is -0.336. The van der Waals surface area contributed by atoms with Gasteiger partial charge < -0.3 is 20.4 Å². The molecule has 0 fully saturated rings. The number of likely N-dealkylation sites (N-methyl/N-ethyl adjacent to an activating group) is 2. The summed E-state index contributed by atoms with van der Waals surface area (Å²) in [4.78, 5) is 43.3. The number of nitrogens with zero attached hydrogens (tertiary/aromatic N) is 3. The molecule has 0 aromatic heterocycles. The van der Waals surface area contributed by atoms with E-state index in [2.05, 4.69) is 10.6 Å². The predicted molar refractivity (Wildman–Crippen MR) is 113 cm³/mol. The van der Waals surface area contributed by atoms with Crippen LogP contribution in [0.4, 0.5) is 10.5 Å². The third kappa shape index (κ3) is 4.55. The molecule has 0 atom stereocenters. The molecule has 154 valence electrons. The van der Waals surface area contributed by atoms with Crippen LogP contribution < -0.4 is 10.6 Å². The SMILES string of the molecule is CN(C)CCNC(=O)Nc1cc2c3c(cccc3c1)C(=O)N(CCN(C)C)C2=O. The molecule has 2 N–H and O–H groups in total. The first-order valence-corrected chi connectivity index (χ1v) is 9.55. The van der Waals surface area contributed by atoms with Crippen LogP contribution in [0.5, 0.6) is 0 Å². The minimum Gasteiger partial charge on any atom is -0.337 e. The number of nitrogens with one attached hydrogen (secondary N) is 2. The van der Waals surface area contributed by atoms with Gasteiger partial charge in [-0.15, -0.1) is 0 Å². The summed E-state index contributed by atoms with van der Waals surface area (Å²) < 4.78 is 0. The molecular formula is C21H27N5O3. The summed E-state index contributed by atoms with van der Waals surface area (Å²) in [7, 11) is 7.65. The monoisotopic (exact) mass is 397 g/mol. The minimum absolute atomic E-state index is 0.280. The van der Waals surface area contributed by atoms with Gasteiger partial charge in [-0.2, -0.15) is 0 Å². The normalized spacial score (nSPS) is 13.5. The lowest BCUT2D eigenvalue weighted by Gasteiger charge is -2.28. The quantitative estimate of drug-likeness (QED) is 0.695. The smallest absolute Gasteiger partial charge is 0.319 e. The van der Waals surface area contributed by atoms with E-state index in [0.717, 1.165) is 11.9 Å². The van der Waals surface area contributed by atoms with Crippen molar-refractivity contribution in [2.24, 2.45) is 0 Å². The Labute approximate surface area is 170 Å². The van der Waals surface area contributed by atoms with Gasteiger partial charge in [-0.1, -0.05) is 12.1 Å². The van der Waals surface area contributed by atoms with E-state index < -0.39 is 0 Å². The largest absolute Gasteiger partial charge is 0.337 e. The average molecular weight is 397 g/mol. The summed E-state index contributed by atoms with van der Waals surface area (Å²) in [6.07, 6.45) is 0.